The first kappa shape index (κ1) is 20.0. The molecule has 1 aromatic carbocycles. The molecule has 1 atom stereocenters. The highest BCUT2D eigenvalue weighted by Crippen LogP contribution is 2.39. The lowest BCUT2D eigenvalue weighted by atomic mass is 9.94. The van der Waals surface area contributed by atoms with Gasteiger partial charge in [0.2, 0.25) is 0 Å². The number of esters is 1. The van der Waals surface area contributed by atoms with E-state index in [1.165, 1.54) is 0 Å². The zero-order valence-electron chi connectivity index (χ0n) is 15.8. The van der Waals surface area contributed by atoms with E-state index in [4.69, 9.17) is 26.4 Å². The van der Waals surface area contributed by atoms with Crippen LogP contribution in [0.2, 0.25) is 0 Å². The molecular weight excluding hydrogens is 352 g/mol. The van der Waals surface area contributed by atoms with Gasteiger partial charge in [-0.25, -0.2) is 4.79 Å². The molecule has 2 N–H and O–H groups in total. The molecule has 1 aliphatic rings. The summed E-state index contributed by atoms with van der Waals surface area (Å²) in [4.78, 5) is 12.7. The fourth-order valence-corrected chi connectivity index (χ4v) is 3.03. The van der Waals surface area contributed by atoms with Crippen molar-refractivity contribution in [3.8, 4) is 11.5 Å². The second-order valence-electron chi connectivity index (χ2n) is 6.25. The van der Waals surface area contributed by atoms with Gasteiger partial charge in [0, 0.05) is 11.3 Å². The molecule has 1 aliphatic heterocycles. The number of para-hydroxylation sites is 1. The molecule has 0 aliphatic carbocycles. The van der Waals surface area contributed by atoms with Gasteiger partial charge in [-0.05, 0) is 45.5 Å². The Morgan fingerprint density at radius 1 is 1.35 bits per heavy atom. The molecule has 26 heavy (non-hydrogen) atoms. The lowest BCUT2D eigenvalue weighted by molar-refractivity contribution is -0.143. The SMILES string of the molecule is CCCOc1c(OC)cccc1[C@@H]1NC(=S)NC(C)=C1C(=O)OC(C)C. The fourth-order valence-electron chi connectivity index (χ4n) is 2.75. The first-order valence-corrected chi connectivity index (χ1v) is 9.08. The van der Waals surface area contributed by atoms with Gasteiger partial charge >= 0.3 is 5.97 Å². The van der Waals surface area contributed by atoms with Crippen LogP contribution in [0.25, 0.3) is 0 Å². The molecule has 2 rings (SSSR count). The average Bonchev–Trinajstić information content (AvgIpc) is 2.58. The summed E-state index contributed by atoms with van der Waals surface area (Å²) >= 11 is 5.30. The van der Waals surface area contributed by atoms with E-state index in [2.05, 4.69) is 10.6 Å². The number of ether oxygens (including phenoxy) is 3. The van der Waals surface area contributed by atoms with Gasteiger partial charge in [0.1, 0.15) is 0 Å². The van der Waals surface area contributed by atoms with Gasteiger partial charge in [-0.15, -0.1) is 0 Å². The van der Waals surface area contributed by atoms with Crippen LogP contribution in [0.5, 0.6) is 11.5 Å². The molecule has 0 amide bonds. The number of thiocarbonyl (C=S) groups is 1. The number of hydrogen-bond donors (Lipinski definition) is 2. The number of carbonyl (C=O) groups is 1. The summed E-state index contributed by atoms with van der Waals surface area (Å²) < 4.78 is 16.8. The van der Waals surface area contributed by atoms with Crippen LogP contribution in [0.1, 0.15) is 45.7 Å². The summed E-state index contributed by atoms with van der Waals surface area (Å²) in [6.45, 7) is 8.01. The Labute approximate surface area is 159 Å². The van der Waals surface area contributed by atoms with Gasteiger partial charge in [-0.3, -0.25) is 0 Å². The maximum atomic E-state index is 12.7. The van der Waals surface area contributed by atoms with Crippen molar-refractivity contribution in [1.82, 2.24) is 10.6 Å². The number of carbonyl (C=O) groups excluding carboxylic acids is 1. The second-order valence-corrected chi connectivity index (χ2v) is 6.66. The number of nitrogens with one attached hydrogen (secondary N) is 2. The van der Waals surface area contributed by atoms with Crippen LogP contribution >= 0.6 is 12.2 Å². The van der Waals surface area contributed by atoms with Gasteiger partial charge in [0.05, 0.1) is 31.4 Å². The molecule has 1 heterocycles. The second kappa shape index (κ2) is 8.89. The number of rotatable bonds is 7. The van der Waals surface area contributed by atoms with E-state index in [9.17, 15) is 4.79 Å². The molecular formula is C19H26N2O4S. The monoisotopic (exact) mass is 378 g/mol. The van der Waals surface area contributed by atoms with Crippen molar-refractivity contribution in [1.29, 1.82) is 0 Å². The summed E-state index contributed by atoms with van der Waals surface area (Å²) in [5.74, 6) is 0.812. The Morgan fingerprint density at radius 3 is 2.69 bits per heavy atom. The molecule has 0 unspecified atom stereocenters. The van der Waals surface area contributed by atoms with Crippen molar-refractivity contribution in [2.75, 3.05) is 13.7 Å². The Bertz CT molecular complexity index is 715. The molecule has 0 aromatic heterocycles. The minimum absolute atomic E-state index is 0.224. The highest BCUT2D eigenvalue weighted by atomic mass is 32.1. The Kier molecular flexibility index (Phi) is 6.85. The third kappa shape index (κ3) is 4.46. The smallest absolute Gasteiger partial charge is 0.338 e. The first-order chi connectivity index (χ1) is 12.4. The maximum Gasteiger partial charge on any atom is 0.338 e. The van der Waals surface area contributed by atoms with E-state index < -0.39 is 12.0 Å². The van der Waals surface area contributed by atoms with Crippen LogP contribution in [0.15, 0.2) is 29.5 Å². The number of hydrogen-bond acceptors (Lipinski definition) is 5. The first-order valence-electron chi connectivity index (χ1n) is 8.68. The summed E-state index contributed by atoms with van der Waals surface area (Å²) in [7, 11) is 1.59. The van der Waals surface area contributed by atoms with Crippen LogP contribution in [0.4, 0.5) is 0 Å². The molecule has 1 aromatic rings. The topological polar surface area (TPSA) is 68.8 Å². The van der Waals surface area contributed by atoms with Gasteiger partial charge in [-0.2, -0.15) is 0 Å². The predicted octanol–water partition coefficient (Wildman–Crippen LogP) is 3.23. The minimum atomic E-state index is -0.489. The Morgan fingerprint density at radius 2 is 2.08 bits per heavy atom. The van der Waals surface area contributed by atoms with Crippen molar-refractivity contribution in [2.45, 2.75) is 46.3 Å². The zero-order chi connectivity index (χ0) is 19.3. The standard InChI is InChI=1S/C19H26N2O4S/c1-6-10-24-17-13(8-7-9-14(17)23-5)16-15(18(22)25-11(2)3)12(4)20-19(26)21-16/h7-9,11,16H,6,10H2,1-5H3,(H2,20,21,26)/t16-/m0/s1. The molecule has 0 spiro atoms. The molecule has 142 valence electrons. The van der Waals surface area contributed by atoms with E-state index in [0.717, 1.165) is 12.0 Å². The molecule has 0 fully saturated rings. The van der Waals surface area contributed by atoms with Crippen LogP contribution in [-0.4, -0.2) is 30.9 Å². The molecule has 0 radical (unpaired) electrons. The Hall–Kier alpha value is -2.28. The average molecular weight is 378 g/mol. The molecule has 0 saturated heterocycles. The highest BCUT2D eigenvalue weighted by Gasteiger charge is 2.34. The van der Waals surface area contributed by atoms with E-state index in [-0.39, 0.29) is 6.10 Å². The summed E-state index contributed by atoms with van der Waals surface area (Å²) in [6, 6.07) is 5.10. The van der Waals surface area contributed by atoms with Crippen molar-refractivity contribution >= 4 is 23.3 Å². The van der Waals surface area contributed by atoms with E-state index >= 15 is 0 Å². The predicted molar refractivity (Wildman–Crippen MR) is 104 cm³/mol. The minimum Gasteiger partial charge on any atom is -0.493 e. The van der Waals surface area contributed by atoms with Crippen LogP contribution < -0.4 is 20.1 Å². The van der Waals surface area contributed by atoms with Crippen molar-refractivity contribution in [3.05, 3.63) is 35.0 Å². The fraction of sp³-hybridized carbons (Fsp3) is 0.474. The van der Waals surface area contributed by atoms with E-state index in [1.807, 2.05) is 45.9 Å². The third-order valence-electron chi connectivity index (χ3n) is 3.82. The summed E-state index contributed by atoms with van der Waals surface area (Å²) in [5.41, 5.74) is 1.91. The van der Waals surface area contributed by atoms with Gasteiger partial charge in [-0.1, -0.05) is 19.1 Å². The van der Waals surface area contributed by atoms with Gasteiger partial charge in [0.25, 0.3) is 0 Å². The number of benzene rings is 1. The molecule has 0 saturated carbocycles. The van der Waals surface area contributed by atoms with Crippen molar-refractivity contribution in [3.63, 3.8) is 0 Å². The molecule has 7 heteroatoms. The zero-order valence-corrected chi connectivity index (χ0v) is 16.7. The van der Waals surface area contributed by atoms with E-state index in [0.29, 0.717) is 34.5 Å². The van der Waals surface area contributed by atoms with Gasteiger partial charge < -0.3 is 24.8 Å². The van der Waals surface area contributed by atoms with Crippen LogP contribution in [0, 0.1) is 0 Å². The van der Waals surface area contributed by atoms with Crippen LogP contribution in [-0.2, 0) is 9.53 Å². The number of allylic oxidation sites excluding steroid dienone is 1. The van der Waals surface area contributed by atoms with Gasteiger partial charge in [0.15, 0.2) is 16.6 Å². The lowest BCUT2D eigenvalue weighted by Gasteiger charge is -2.31. The molecule has 6 nitrogen and oxygen atoms in total. The Balaban J connectivity index is 2.54. The third-order valence-corrected chi connectivity index (χ3v) is 4.04. The summed E-state index contributed by atoms with van der Waals surface area (Å²) in [5, 5.41) is 6.61. The lowest BCUT2D eigenvalue weighted by Crippen LogP contribution is -2.45. The molecule has 0 bridgehead atoms. The van der Waals surface area contributed by atoms with E-state index in [1.54, 1.807) is 7.11 Å². The maximum absolute atomic E-state index is 12.7. The summed E-state index contributed by atoms with van der Waals surface area (Å²) in [6.07, 6.45) is 0.630. The number of methoxy groups -OCH3 is 1. The normalized spacial score (nSPS) is 16.8. The quantitative estimate of drug-likeness (QED) is 0.558. The van der Waals surface area contributed by atoms with Crippen molar-refractivity contribution in [2.24, 2.45) is 0 Å². The highest BCUT2D eigenvalue weighted by molar-refractivity contribution is 7.80. The largest absolute Gasteiger partial charge is 0.493 e. The van der Waals surface area contributed by atoms with Crippen LogP contribution in [0.3, 0.4) is 0 Å². The van der Waals surface area contributed by atoms with Crippen molar-refractivity contribution < 1.29 is 19.0 Å².